The van der Waals surface area contributed by atoms with Gasteiger partial charge in [-0.2, -0.15) is 0 Å². The molecule has 0 radical (unpaired) electrons. The largest absolute Gasteiger partial charge is 0.464 e. The number of anilines is 1. The molecule has 0 aliphatic carbocycles. The van der Waals surface area contributed by atoms with Crippen LogP contribution in [0.4, 0.5) is 5.69 Å². The maximum absolute atomic E-state index is 13.1. The lowest BCUT2D eigenvalue weighted by Crippen LogP contribution is -2.44. The minimum atomic E-state index is -3.22. The molecular weight excluding hydrogens is 488 g/mol. The fraction of sp³-hybridized carbons (Fsp3) is 0.345. The van der Waals surface area contributed by atoms with Gasteiger partial charge in [0.1, 0.15) is 5.75 Å². The molecule has 1 unspecified atom stereocenters. The molecule has 1 saturated heterocycles. The Morgan fingerprint density at radius 3 is 2.32 bits per heavy atom. The Balaban J connectivity index is 1.20. The first kappa shape index (κ1) is 25.3. The van der Waals surface area contributed by atoms with Gasteiger partial charge in [-0.3, -0.25) is 4.79 Å². The first-order chi connectivity index (χ1) is 17.7. The van der Waals surface area contributed by atoms with Crippen LogP contribution in [-0.2, 0) is 21.2 Å². The quantitative estimate of drug-likeness (QED) is 0.489. The fourth-order valence-corrected chi connectivity index (χ4v) is 5.55. The van der Waals surface area contributed by atoms with Crippen molar-refractivity contribution in [3.8, 4) is 16.9 Å². The Hall–Kier alpha value is -3.36. The van der Waals surface area contributed by atoms with Crippen molar-refractivity contribution in [2.24, 2.45) is 5.92 Å². The predicted octanol–water partition coefficient (Wildman–Crippen LogP) is 4.61. The van der Waals surface area contributed by atoms with Crippen LogP contribution in [0.2, 0.25) is 0 Å². The Labute approximate surface area is 218 Å². The molecule has 194 valence electrons. The first-order valence-electron chi connectivity index (χ1n) is 12.5. The molecule has 1 fully saturated rings. The maximum atomic E-state index is 13.1. The number of hydrogen-bond donors (Lipinski definition) is 0. The molecule has 0 bridgehead atoms. The highest BCUT2D eigenvalue weighted by Gasteiger charge is 2.33. The van der Waals surface area contributed by atoms with Crippen molar-refractivity contribution in [2.75, 3.05) is 38.3 Å². The minimum Gasteiger partial charge on any atom is -0.464 e. The van der Waals surface area contributed by atoms with E-state index in [9.17, 15) is 13.2 Å². The van der Waals surface area contributed by atoms with Gasteiger partial charge in [0.2, 0.25) is 6.29 Å². The topological polar surface area (TPSA) is 76.2 Å². The highest BCUT2D eigenvalue weighted by molar-refractivity contribution is 7.90. The number of ether oxygens (including phenoxy) is 2. The van der Waals surface area contributed by atoms with E-state index in [1.54, 1.807) is 12.1 Å². The molecule has 0 N–H and O–H groups in total. The summed E-state index contributed by atoms with van der Waals surface area (Å²) in [5.41, 5.74) is 4.61. The van der Waals surface area contributed by atoms with Crippen LogP contribution < -0.4 is 9.64 Å². The van der Waals surface area contributed by atoms with Crippen LogP contribution in [-0.4, -0.2) is 59.0 Å². The van der Waals surface area contributed by atoms with Gasteiger partial charge in [-0.25, -0.2) is 8.42 Å². The molecule has 0 spiro atoms. The SMILES string of the molecule is CN(C)c1cccc(C(=O)N2CCC(C3OCc4cc(-c5ccc(S(C)(=O)=O)cc5)ccc4O3)CC2)c1. The van der Waals surface area contributed by atoms with Crippen molar-refractivity contribution in [1.82, 2.24) is 4.90 Å². The van der Waals surface area contributed by atoms with Crippen molar-refractivity contribution in [2.45, 2.75) is 30.6 Å². The van der Waals surface area contributed by atoms with Gasteiger partial charge >= 0.3 is 0 Å². The third-order valence-electron chi connectivity index (χ3n) is 7.14. The molecule has 2 aliphatic heterocycles. The molecule has 0 aromatic heterocycles. The summed E-state index contributed by atoms with van der Waals surface area (Å²) in [5.74, 6) is 1.09. The van der Waals surface area contributed by atoms with E-state index < -0.39 is 9.84 Å². The Morgan fingerprint density at radius 1 is 0.946 bits per heavy atom. The third-order valence-corrected chi connectivity index (χ3v) is 8.27. The number of fused-ring (bicyclic) bond motifs is 1. The molecule has 1 amide bonds. The van der Waals surface area contributed by atoms with Gasteiger partial charge in [-0.15, -0.1) is 0 Å². The number of likely N-dealkylation sites (tertiary alicyclic amines) is 1. The lowest BCUT2D eigenvalue weighted by Gasteiger charge is -2.37. The van der Waals surface area contributed by atoms with Crippen LogP contribution in [0.3, 0.4) is 0 Å². The van der Waals surface area contributed by atoms with Gasteiger partial charge in [0.05, 0.1) is 11.5 Å². The van der Waals surface area contributed by atoms with Gasteiger partial charge in [-0.1, -0.05) is 24.3 Å². The second kappa shape index (κ2) is 10.2. The third kappa shape index (κ3) is 5.50. The van der Waals surface area contributed by atoms with E-state index in [1.165, 1.54) is 6.26 Å². The Morgan fingerprint density at radius 2 is 1.65 bits per heavy atom. The number of nitrogens with zero attached hydrogens (tertiary/aromatic N) is 2. The van der Waals surface area contributed by atoms with Gasteiger partial charge in [0, 0.05) is 56.2 Å². The van der Waals surface area contributed by atoms with Crippen molar-refractivity contribution in [3.63, 3.8) is 0 Å². The van der Waals surface area contributed by atoms with Crippen LogP contribution in [0.15, 0.2) is 71.6 Å². The predicted molar refractivity (Wildman–Crippen MR) is 144 cm³/mol. The zero-order valence-corrected chi connectivity index (χ0v) is 22.2. The highest BCUT2D eigenvalue weighted by atomic mass is 32.2. The maximum Gasteiger partial charge on any atom is 0.253 e. The molecule has 2 heterocycles. The number of rotatable bonds is 5. The monoisotopic (exact) mass is 520 g/mol. The molecule has 37 heavy (non-hydrogen) atoms. The Kier molecular flexibility index (Phi) is 6.96. The standard InChI is InChI=1S/C29H32N2O5S/c1-30(2)25-6-4-5-23(18-25)28(32)31-15-13-21(14-16-31)29-35-19-24-17-22(9-12-27(24)36-29)20-7-10-26(11-8-20)37(3,33)34/h4-12,17-18,21,29H,13-16,19H2,1-3H3. The average molecular weight is 521 g/mol. The molecule has 8 heteroatoms. The summed E-state index contributed by atoms with van der Waals surface area (Å²) in [5, 5.41) is 0. The number of amides is 1. The summed E-state index contributed by atoms with van der Waals surface area (Å²) in [4.78, 5) is 17.3. The summed E-state index contributed by atoms with van der Waals surface area (Å²) in [6.07, 6.45) is 2.52. The zero-order chi connectivity index (χ0) is 26.2. The number of piperidine rings is 1. The molecule has 0 saturated carbocycles. The van der Waals surface area contributed by atoms with Crippen LogP contribution >= 0.6 is 0 Å². The minimum absolute atomic E-state index is 0.0649. The van der Waals surface area contributed by atoms with Gasteiger partial charge < -0.3 is 19.3 Å². The fourth-order valence-electron chi connectivity index (χ4n) is 4.92. The van der Waals surface area contributed by atoms with Gasteiger partial charge in [0.15, 0.2) is 9.84 Å². The molecule has 1 atom stereocenters. The molecule has 2 aliphatic rings. The Bertz CT molecular complexity index is 1390. The van der Waals surface area contributed by atoms with Crippen molar-refractivity contribution in [3.05, 3.63) is 77.9 Å². The smallest absolute Gasteiger partial charge is 0.253 e. The van der Waals surface area contributed by atoms with E-state index in [0.717, 1.165) is 41.0 Å². The van der Waals surface area contributed by atoms with Gasteiger partial charge in [0.25, 0.3) is 5.91 Å². The van der Waals surface area contributed by atoms with Crippen molar-refractivity contribution in [1.29, 1.82) is 0 Å². The number of sulfone groups is 1. The van der Waals surface area contributed by atoms with Crippen LogP contribution in [0.25, 0.3) is 11.1 Å². The van der Waals surface area contributed by atoms with E-state index >= 15 is 0 Å². The first-order valence-corrected chi connectivity index (χ1v) is 14.4. The molecule has 5 rings (SSSR count). The number of carbonyl (C=O) groups is 1. The number of benzene rings is 3. The normalized spacial score (nSPS) is 18.1. The van der Waals surface area contributed by atoms with E-state index in [4.69, 9.17) is 9.47 Å². The number of carbonyl (C=O) groups excluding carboxylic acids is 1. The van der Waals surface area contributed by atoms with Crippen molar-refractivity contribution < 1.29 is 22.7 Å². The molecular formula is C29H32N2O5S. The van der Waals surface area contributed by atoms with E-state index in [-0.39, 0.29) is 18.1 Å². The van der Waals surface area contributed by atoms with E-state index in [0.29, 0.717) is 30.2 Å². The second-order valence-electron chi connectivity index (χ2n) is 9.99. The highest BCUT2D eigenvalue weighted by Crippen LogP contribution is 2.35. The lowest BCUT2D eigenvalue weighted by atomic mass is 9.94. The van der Waals surface area contributed by atoms with E-state index in [2.05, 4.69) is 0 Å². The summed E-state index contributed by atoms with van der Waals surface area (Å²) in [7, 11) is 0.713. The molecule has 7 nitrogen and oxygen atoms in total. The lowest BCUT2D eigenvalue weighted by molar-refractivity contribution is -0.148. The summed E-state index contributed by atoms with van der Waals surface area (Å²) >= 11 is 0. The van der Waals surface area contributed by atoms with E-state index in [1.807, 2.05) is 78.5 Å². The van der Waals surface area contributed by atoms with Crippen LogP contribution in [0.5, 0.6) is 5.75 Å². The van der Waals surface area contributed by atoms with Crippen LogP contribution in [0, 0.1) is 5.92 Å². The summed E-state index contributed by atoms with van der Waals surface area (Å²) < 4.78 is 35.8. The van der Waals surface area contributed by atoms with Gasteiger partial charge in [-0.05, 0) is 66.4 Å². The molecule has 3 aromatic carbocycles. The van der Waals surface area contributed by atoms with Crippen LogP contribution in [0.1, 0.15) is 28.8 Å². The number of hydrogen-bond acceptors (Lipinski definition) is 6. The summed E-state index contributed by atoms with van der Waals surface area (Å²) in [6.45, 7) is 1.80. The zero-order valence-electron chi connectivity index (χ0n) is 21.4. The summed E-state index contributed by atoms with van der Waals surface area (Å²) in [6, 6.07) is 20.6. The average Bonchev–Trinajstić information content (AvgIpc) is 2.92. The van der Waals surface area contributed by atoms with Crippen molar-refractivity contribution >= 4 is 21.4 Å². The second-order valence-corrected chi connectivity index (χ2v) is 12.0. The molecule has 3 aromatic rings.